The number of rotatable bonds is 2. The zero-order valence-electron chi connectivity index (χ0n) is 8.87. The second kappa shape index (κ2) is 5.64. The third-order valence-electron chi connectivity index (χ3n) is 2.96. The molecule has 0 amide bonds. The quantitative estimate of drug-likeness (QED) is 0.767. The fourth-order valence-electron chi connectivity index (χ4n) is 2.05. The smallest absolute Gasteiger partial charge is 0.0286 e. The first-order valence-electron chi connectivity index (χ1n) is 5.49. The van der Waals surface area contributed by atoms with E-state index in [1.54, 1.807) is 0 Å². The van der Waals surface area contributed by atoms with Crippen LogP contribution < -0.4 is 5.32 Å². The Morgan fingerprint density at radius 2 is 2.14 bits per heavy atom. The van der Waals surface area contributed by atoms with Gasteiger partial charge in [0.05, 0.1) is 0 Å². The van der Waals surface area contributed by atoms with Crippen molar-refractivity contribution in [3.05, 3.63) is 0 Å². The number of thioether (sulfide) groups is 2. The highest BCUT2D eigenvalue weighted by Crippen LogP contribution is 2.17. The monoisotopic (exact) mass is 232 g/mol. The van der Waals surface area contributed by atoms with Gasteiger partial charge in [0, 0.05) is 54.7 Å². The van der Waals surface area contributed by atoms with Crippen molar-refractivity contribution >= 4 is 23.5 Å². The number of nitrogens with one attached hydrogen (secondary N) is 1. The van der Waals surface area contributed by atoms with Crippen LogP contribution in [-0.2, 0) is 0 Å². The summed E-state index contributed by atoms with van der Waals surface area (Å²) in [7, 11) is 0. The van der Waals surface area contributed by atoms with Crippen LogP contribution in [0.2, 0.25) is 0 Å². The first kappa shape index (κ1) is 11.1. The summed E-state index contributed by atoms with van der Waals surface area (Å²) in [6.45, 7) is 6.11. The van der Waals surface area contributed by atoms with Crippen molar-refractivity contribution in [3.63, 3.8) is 0 Å². The van der Waals surface area contributed by atoms with Crippen molar-refractivity contribution in [1.29, 1.82) is 0 Å². The Hall–Kier alpha value is 0.620. The van der Waals surface area contributed by atoms with E-state index in [1.807, 2.05) is 0 Å². The SMILES string of the molecule is CC1CSCCN1CC1CSCCN1. The Kier molecular flexibility index (Phi) is 4.47. The van der Waals surface area contributed by atoms with E-state index in [1.165, 1.54) is 42.6 Å². The van der Waals surface area contributed by atoms with Gasteiger partial charge in [0.2, 0.25) is 0 Å². The molecule has 14 heavy (non-hydrogen) atoms. The second-order valence-corrected chi connectivity index (χ2v) is 6.44. The van der Waals surface area contributed by atoms with E-state index in [-0.39, 0.29) is 0 Å². The first-order chi connectivity index (χ1) is 6.86. The fraction of sp³-hybridized carbons (Fsp3) is 1.00. The molecule has 2 unspecified atom stereocenters. The zero-order chi connectivity index (χ0) is 9.80. The van der Waals surface area contributed by atoms with Crippen LogP contribution in [0.5, 0.6) is 0 Å². The fourth-order valence-corrected chi connectivity index (χ4v) is 4.07. The van der Waals surface area contributed by atoms with Crippen LogP contribution in [0.1, 0.15) is 6.92 Å². The van der Waals surface area contributed by atoms with Crippen LogP contribution in [0.15, 0.2) is 0 Å². The van der Waals surface area contributed by atoms with Gasteiger partial charge >= 0.3 is 0 Å². The summed E-state index contributed by atoms with van der Waals surface area (Å²) in [5.74, 6) is 5.24. The van der Waals surface area contributed by atoms with Crippen molar-refractivity contribution in [1.82, 2.24) is 10.2 Å². The topological polar surface area (TPSA) is 15.3 Å². The van der Waals surface area contributed by atoms with Gasteiger partial charge in [-0.05, 0) is 6.92 Å². The van der Waals surface area contributed by atoms with Crippen LogP contribution >= 0.6 is 23.5 Å². The highest BCUT2D eigenvalue weighted by Gasteiger charge is 2.22. The van der Waals surface area contributed by atoms with E-state index in [0.29, 0.717) is 0 Å². The molecule has 2 fully saturated rings. The molecule has 0 aromatic rings. The molecule has 4 heteroatoms. The normalized spacial score (nSPS) is 35.8. The van der Waals surface area contributed by atoms with Gasteiger partial charge < -0.3 is 5.32 Å². The molecule has 0 aliphatic carbocycles. The molecule has 2 heterocycles. The van der Waals surface area contributed by atoms with Gasteiger partial charge in [0.15, 0.2) is 0 Å². The summed E-state index contributed by atoms with van der Waals surface area (Å²) >= 11 is 4.20. The minimum absolute atomic E-state index is 0.735. The number of nitrogens with zero attached hydrogens (tertiary/aromatic N) is 1. The summed E-state index contributed by atoms with van der Waals surface area (Å²) in [6, 6.07) is 1.52. The van der Waals surface area contributed by atoms with Crippen LogP contribution in [0.25, 0.3) is 0 Å². The van der Waals surface area contributed by atoms with Gasteiger partial charge in [-0.2, -0.15) is 23.5 Å². The minimum atomic E-state index is 0.735. The second-order valence-electron chi connectivity index (χ2n) is 4.14. The third kappa shape index (κ3) is 3.05. The molecule has 1 N–H and O–H groups in total. The maximum absolute atomic E-state index is 3.62. The number of hydrogen-bond donors (Lipinski definition) is 1. The van der Waals surface area contributed by atoms with Crippen molar-refractivity contribution < 1.29 is 0 Å². The Balaban J connectivity index is 1.76. The molecule has 2 rings (SSSR count). The maximum atomic E-state index is 3.62. The van der Waals surface area contributed by atoms with Crippen molar-refractivity contribution in [2.45, 2.75) is 19.0 Å². The molecule has 0 saturated carbocycles. The van der Waals surface area contributed by atoms with E-state index in [2.05, 4.69) is 40.7 Å². The highest BCUT2D eigenvalue weighted by molar-refractivity contribution is 7.99. The summed E-state index contributed by atoms with van der Waals surface area (Å²) < 4.78 is 0. The zero-order valence-corrected chi connectivity index (χ0v) is 10.5. The molecular weight excluding hydrogens is 212 g/mol. The minimum Gasteiger partial charge on any atom is -0.311 e. The summed E-state index contributed by atoms with van der Waals surface area (Å²) in [5.41, 5.74) is 0. The van der Waals surface area contributed by atoms with Crippen LogP contribution in [0, 0.1) is 0 Å². The predicted molar refractivity (Wildman–Crippen MR) is 67.5 cm³/mol. The van der Waals surface area contributed by atoms with Gasteiger partial charge in [0.25, 0.3) is 0 Å². The molecular formula is C10H20N2S2. The van der Waals surface area contributed by atoms with Gasteiger partial charge in [-0.1, -0.05) is 0 Å². The number of hydrogen-bond acceptors (Lipinski definition) is 4. The maximum Gasteiger partial charge on any atom is 0.0286 e. The average molecular weight is 232 g/mol. The Morgan fingerprint density at radius 3 is 2.86 bits per heavy atom. The third-order valence-corrected chi connectivity index (χ3v) is 5.28. The van der Waals surface area contributed by atoms with Crippen LogP contribution in [0.4, 0.5) is 0 Å². The Labute approximate surface area is 95.6 Å². The first-order valence-corrected chi connectivity index (χ1v) is 7.80. The van der Waals surface area contributed by atoms with Gasteiger partial charge in [-0.3, -0.25) is 4.90 Å². The molecule has 0 aromatic heterocycles. The predicted octanol–water partition coefficient (Wildman–Crippen LogP) is 1.13. The molecule has 0 bridgehead atoms. The Bertz CT molecular complexity index is 172. The van der Waals surface area contributed by atoms with Gasteiger partial charge in [-0.15, -0.1) is 0 Å². The lowest BCUT2D eigenvalue weighted by molar-refractivity contribution is 0.212. The molecule has 2 atom stereocenters. The lowest BCUT2D eigenvalue weighted by atomic mass is 10.2. The lowest BCUT2D eigenvalue weighted by Gasteiger charge is -2.36. The van der Waals surface area contributed by atoms with E-state index in [0.717, 1.165) is 12.1 Å². The van der Waals surface area contributed by atoms with Gasteiger partial charge in [0.1, 0.15) is 0 Å². The molecule has 2 saturated heterocycles. The molecule has 0 radical (unpaired) electrons. The molecule has 2 nitrogen and oxygen atoms in total. The van der Waals surface area contributed by atoms with Crippen LogP contribution in [0.3, 0.4) is 0 Å². The van der Waals surface area contributed by atoms with E-state index < -0.39 is 0 Å². The van der Waals surface area contributed by atoms with E-state index in [4.69, 9.17) is 0 Å². The van der Waals surface area contributed by atoms with E-state index in [9.17, 15) is 0 Å². The van der Waals surface area contributed by atoms with Gasteiger partial charge in [-0.25, -0.2) is 0 Å². The summed E-state index contributed by atoms with van der Waals surface area (Å²) in [6.07, 6.45) is 0. The molecule has 0 spiro atoms. The summed E-state index contributed by atoms with van der Waals surface area (Å²) in [5, 5.41) is 3.62. The largest absolute Gasteiger partial charge is 0.311 e. The molecule has 0 aromatic carbocycles. The van der Waals surface area contributed by atoms with Crippen molar-refractivity contribution in [2.75, 3.05) is 42.6 Å². The highest BCUT2D eigenvalue weighted by atomic mass is 32.2. The molecule has 2 aliphatic rings. The van der Waals surface area contributed by atoms with Crippen LogP contribution in [-0.4, -0.2) is 59.6 Å². The van der Waals surface area contributed by atoms with E-state index >= 15 is 0 Å². The Morgan fingerprint density at radius 1 is 1.29 bits per heavy atom. The summed E-state index contributed by atoms with van der Waals surface area (Å²) in [4.78, 5) is 2.65. The average Bonchev–Trinajstić information content (AvgIpc) is 2.23. The van der Waals surface area contributed by atoms with Crippen molar-refractivity contribution in [3.8, 4) is 0 Å². The van der Waals surface area contributed by atoms with Crippen molar-refractivity contribution in [2.24, 2.45) is 0 Å². The molecule has 2 aliphatic heterocycles. The standard InChI is InChI=1S/C10H20N2S2/c1-9-7-14-5-3-12(9)6-10-8-13-4-2-11-10/h9-11H,2-8H2,1H3. The lowest BCUT2D eigenvalue weighted by Crippen LogP contribution is -2.50. The molecule has 82 valence electrons.